The van der Waals surface area contributed by atoms with E-state index in [9.17, 15) is 0 Å². The summed E-state index contributed by atoms with van der Waals surface area (Å²) in [5, 5.41) is 0. The number of hydrogen-bond acceptors (Lipinski definition) is 2. The fourth-order valence-corrected chi connectivity index (χ4v) is 3.17. The van der Waals surface area contributed by atoms with E-state index in [0.29, 0.717) is 0 Å². The van der Waals surface area contributed by atoms with E-state index in [1.54, 1.807) is 0 Å². The third-order valence-corrected chi connectivity index (χ3v) is 4.14. The van der Waals surface area contributed by atoms with Crippen molar-refractivity contribution >= 4 is 55.2 Å². The van der Waals surface area contributed by atoms with Crippen LogP contribution in [0.2, 0.25) is 0 Å². The van der Waals surface area contributed by atoms with Crippen LogP contribution >= 0.6 is 38.5 Å². The molecule has 0 amide bonds. The molecule has 96 valence electrons. The average molecular weight is 428 g/mol. The third-order valence-electron chi connectivity index (χ3n) is 3.01. The second-order valence-electron chi connectivity index (χ2n) is 4.44. The molecule has 0 radical (unpaired) electrons. The van der Waals surface area contributed by atoms with Gasteiger partial charge in [-0.25, -0.2) is 4.98 Å². The Labute approximate surface area is 132 Å². The Morgan fingerprint density at radius 1 is 1.26 bits per heavy atom. The molecule has 3 rings (SSSR count). The number of nitrogens with zero attached hydrogens (tertiary/aromatic N) is 1. The summed E-state index contributed by atoms with van der Waals surface area (Å²) in [6, 6.07) is 10.0. The summed E-state index contributed by atoms with van der Waals surface area (Å²) in [7, 11) is 0. The van der Waals surface area contributed by atoms with Crippen LogP contribution in [0.15, 0.2) is 34.8 Å². The van der Waals surface area contributed by atoms with Gasteiger partial charge in [-0.2, -0.15) is 0 Å². The Balaban J connectivity index is 2.26. The van der Waals surface area contributed by atoms with Crippen molar-refractivity contribution in [3.05, 3.63) is 43.9 Å². The van der Waals surface area contributed by atoms with Gasteiger partial charge >= 0.3 is 0 Å². The van der Waals surface area contributed by atoms with Gasteiger partial charge in [-0.1, -0.05) is 15.9 Å². The van der Waals surface area contributed by atoms with E-state index in [4.69, 9.17) is 5.73 Å². The summed E-state index contributed by atoms with van der Waals surface area (Å²) in [5.74, 6) is 0.812. The lowest BCUT2D eigenvalue weighted by Crippen LogP contribution is -1.91. The minimum Gasteiger partial charge on any atom is -0.398 e. The van der Waals surface area contributed by atoms with E-state index >= 15 is 0 Å². The SMILES string of the molecule is Cc1cc(Br)cc2[nH]c(-c3cc(I)ccc3N)nc12. The fourth-order valence-electron chi connectivity index (χ4n) is 2.11. The van der Waals surface area contributed by atoms with Crippen LogP contribution in [0.5, 0.6) is 0 Å². The molecule has 3 N–H and O–H groups in total. The molecule has 3 aromatic rings. The molecule has 0 unspecified atom stereocenters. The first-order valence-corrected chi connectivity index (χ1v) is 7.63. The number of fused-ring (bicyclic) bond motifs is 1. The summed E-state index contributed by atoms with van der Waals surface area (Å²) in [6.07, 6.45) is 0. The monoisotopic (exact) mass is 427 g/mol. The van der Waals surface area contributed by atoms with Crippen LogP contribution in [0.25, 0.3) is 22.4 Å². The number of nitrogens with two attached hydrogens (primary N) is 1. The lowest BCUT2D eigenvalue weighted by Gasteiger charge is -2.02. The number of aryl methyl sites for hydroxylation is 1. The second-order valence-corrected chi connectivity index (χ2v) is 6.60. The predicted octanol–water partition coefficient (Wildman–Crippen LogP) is 4.49. The fraction of sp³-hybridized carbons (Fsp3) is 0.0714. The minimum absolute atomic E-state index is 0.733. The van der Waals surface area contributed by atoms with Crippen LogP contribution in [0.1, 0.15) is 5.56 Å². The topological polar surface area (TPSA) is 54.7 Å². The predicted molar refractivity (Wildman–Crippen MR) is 91.1 cm³/mol. The number of halogens is 2. The van der Waals surface area contributed by atoms with Crippen molar-refractivity contribution in [2.75, 3.05) is 5.73 Å². The Morgan fingerprint density at radius 3 is 2.84 bits per heavy atom. The first-order chi connectivity index (χ1) is 9.04. The molecule has 0 spiro atoms. The van der Waals surface area contributed by atoms with Crippen LogP contribution in [-0.4, -0.2) is 9.97 Å². The zero-order valence-corrected chi connectivity index (χ0v) is 13.9. The van der Waals surface area contributed by atoms with E-state index in [1.165, 1.54) is 0 Å². The Kier molecular flexibility index (Phi) is 3.26. The number of H-pyrrole nitrogens is 1. The van der Waals surface area contributed by atoms with Gasteiger partial charge in [0.25, 0.3) is 0 Å². The van der Waals surface area contributed by atoms with Crippen LogP contribution in [0.4, 0.5) is 5.69 Å². The molecule has 0 saturated carbocycles. The summed E-state index contributed by atoms with van der Waals surface area (Å²) >= 11 is 5.78. The minimum atomic E-state index is 0.733. The third kappa shape index (κ3) is 2.36. The smallest absolute Gasteiger partial charge is 0.140 e. The molecule has 5 heteroatoms. The Hall–Kier alpha value is -1.08. The van der Waals surface area contributed by atoms with Gasteiger partial charge in [-0.3, -0.25) is 0 Å². The number of aromatic amines is 1. The molecule has 0 aliphatic carbocycles. The molecule has 1 heterocycles. The molecular weight excluding hydrogens is 417 g/mol. The van der Waals surface area contributed by atoms with Crippen molar-refractivity contribution in [2.24, 2.45) is 0 Å². The van der Waals surface area contributed by atoms with Gasteiger partial charge in [0.05, 0.1) is 11.0 Å². The highest BCUT2D eigenvalue weighted by Crippen LogP contribution is 2.29. The van der Waals surface area contributed by atoms with Crippen molar-refractivity contribution < 1.29 is 0 Å². The zero-order chi connectivity index (χ0) is 13.6. The Bertz CT molecular complexity index is 780. The van der Waals surface area contributed by atoms with Gasteiger partial charge in [-0.15, -0.1) is 0 Å². The van der Waals surface area contributed by atoms with Crippen LogP contribution < -0.4 is 5.73 Å². The van der Waals surface area contributed by atoms with E-state index in [-0.39, 0.29) is 0 Å². The first kappa shape index (κ1) is 12.9. The number of rotatable bonds is 1. The molecule has 0 aliphatic heterocycles. The number of nitrogens with one attached hydrogen (secondary N) is 1. The summed E-state index contributed by atoms with van der Waals surface area (Å²) in [6.45, 7) is 2.05. The lowest BCUT2D eigenvalue weighted by atomic mass is 10.2. The highest BCUT2D eigenvalue weighted by atomic mass is 127. The average Bonchev–Trinajstić information content (AvgIpc) is 2.76. The molecule has 0 bridgehead atoms. The van der Waals surface area contributed by atoms with E-state index < -0.39 is 0 Å². The van der Waals surface area contributed by atoms with Gasteiger partial charge in [-0.05, 0) is 65.4 Å². The van der Waals surface area contributed by atoms with Crippen LogP contribution in [-0.2, 0) is 0 Å². The maximum atomic E-state index is 6.04. The number of anilines is 1. The summed E-state index contributed by atoms with van der Waals surface area (Å²) in [4.78, 5) is 8.00. The van der Waals surface area contributed by atoms with Crippen molar-refractivity contribution in [3.8, 4) is 11.4 Å². The Morgan fingerprint density at radius 2 is 2.05 bits per heavy atom. The number of benzene rings is 2. The van der Waals surface area contributed by atoms with E-state index in [0.717, 1.165) is 41.7 Å². The molecule has 0 atom stereocenters. The molecule has 0 saturated heterocycles. The number of aromatic nitrogens is 2. The van der Waals surface area contributed by atoms with Gasteiger partial charge in [0, 0.05) is 19.3 Å². The summed E-state index contributed by atoms with van der Waals surface area (Å²) < 4.78 is 2.18. The maximum Gasteiger partial charge on any atom is 0.140 e. The number of imidazole rings is 1. The molecule has 1 aromatic heterocycles. The van der Waals surface area contributed by atoms with Gasteiger partial charge in [0.1, 0.15) is 5.82 Å². The molecule has 2 aromatic carbocycles. The number of nitrogen functional groups attached to an aromatic ring is 1. The van der Waals surface area contributed by atoms with Gasteiger partial charge < -0.3 is 10.7 Å². The quantitative estimate of drug-likeness (QED) is 0.444. The molecule has 0 aliphatic rings. The van der Waals surface area contributed by atoms with E-state index in [2.05, 4.69) is 61.5 Å². The van der Waals surface area contributed by atoms with Crippen LogP contribution in [0, 0.1) is 10.5 Å². The van der Waals surface area contributed by atoms with E-state index in [1.807, 2.05) is 24.3 Å². The second kappa shape index (κ2) is 4.79. The highest BCUT2D eigenvalue weighted by molar-refractivity contribution is 14.1. The molecule has 19 heavy (non-hydrogen) atoms. The molecule has 3 nitrogen and oxygen atoms in total. The normalized spacial score (nSPS) is 11.1. The maximum absolute atomic E-state index is 6.04. The first-order valence-electron chi connectivity index (χ1n) is 5.76. The van der Waals surface area contributed by atoms with Gasteiger partial charge in [0.15, 0.2) is 0 Å². The standard InChI is InChI=1S/C14H11BrIN3/c1-7-4-8(15)5-12-13(7)19-14(18-12)10-6-9(16)2-3-11(10)17/h2-6H,17H2,1H3,(H,18,19). The molecule has 0 fully saturated rings. The van der Waals surface area contributed by atoms with Crippen molar-refractivity contribution in [1.82, 2.24) is 9.97 Å². The van der Waals surface area contributed by atoms with Crippen molar-refractivity contribution in [3.63, 3.8) is 0 Å². The van der Waals surface area contributed by atoms with Gasteiger partial charge in [0.2, 0.25) is 0 Å². The van der Waals surface area contributed by atoms with Crippen molar-refractivity contribution in [2.45, 2.75) is 6.92 Å². The van der Waals surface area contributed by atoms with Crippen molar-refractivity contribution in [1.29, 1.82) is 0 Å². The number of hydrogen-bond donors (Lipinski definition) is 2. The van der Waals surface area contributed by atoms with Crippen LogP contribution in [0.3, 0.4) is 0 Å². The molecular formula is C14H11BrIN3. The largest absolute Gasteiger partial charge is 0.398 e. The zero-order valence-electron chi connectivity index (χ0n) is 10.2. The highest BCUT2D eigenvalue weighted by Gasteiger charge is 2.11. The lowest BCUT2D eigenvalue weighted by molar-refractivity contribution is 1.33. The summed E-state index contributed by atoms with van der Waals surface area (Å²) in [5.41, 5.74) is 10.8.